The van der Waals surface area contributed by atoms with E-state index in [1.54, 1.807) is 0 Å². The van der Waals surface area contributed by atoms with Gasteiger partial charge >= 0.3 is 0 Å². The summed E-state index contributed by atoms with van der Waals surface area (Å²) in [6.07, 6.45) is 3.55. The second-order valence-corrected chi connectivity index (χ2v) is 9.24. The van der Waals surface area contributed by atoms with E-state index >= 15 is 0 Å². The van der Waals surface area contributed by atoms with Crippen molar-refractivity contribution in [3.8, 4) is 0 Å². The highest BCUT2D eigenvalue weighted by molar-refractivity contribution is 5.56. The summed E-state index contributed by atoms with van der Waals surface area (Å²) in [4.78, 5) is 5.11. The van der Waals surface area contributed by atoms with E-state index in [4.69, 9.17) is 4.74 Å². The summed E-state index contributed by atoms with van der Waals surface area (Å²) in [6.45, 7) is 14.7. The fourth-order valence-electron chi connectivity index (χ4n) is 4.78. The van der Waals surface area contributed by atoms with Crippen molar-refractivity contribution in [1.82, 2.24) is 25.1 Å². The van der Waals surface area contributed by atoms with Crippen LogP contribution in [0.1, 0.15) is 56.1 Å². The van der Waals surface area contributed by atoms with Gasteiger partial charge in [0.1, 0.15) is 0 Å². The Morgan fingerprint density at radius 1 is 1.13 bits per heavy atom. The number of piperazine rings is 1. The molecule has 30 heavy (non-hydrogen) atoms. The summed E-state index contributed by atoms with van der Waals surface area (Å²) in [5.74, 6) is 1.58. The molecule has 0 amide bonds. The Balaban J connectivity index is 1.48. The van der Waals surface area contributed by atoms with Crippen LogP contribution in [0.2, 0.25) is 0 Å². The Morgan fingerprint density at radius 3 is 2.63 bits per heavy atom. The van der Waals surface area contributed by atoms with Crippen molar-refractivity contribution >= 4 is 5.69 Å². The Kier molecular flexibility index (Phi) is 6.68. The highest BCUT2D eigenvalue weighted by Gasteiger charge is 2.31. The summed E-state index contributed by atoms with van der Waals surface area (Å²) in [5.41, 5.74) is 4.13. The van der Waals surface area contributed by atoms with Gasteiger partial charge in [-0.05, 0) is 66.6 Å². The lowest BCUT2D eigenvalue weighted by Crippen LogP contribution is -2.48. The normalized spacial score (nSPS) is 21.5. The van der Waals surface area contributed by atoms with Crippen LogP contribution in [0.25, 0.3) is 0 Å². The number of nitrogens with zero attached hydrogens (tertiary/aromatic N) is 6. The molecule has 3 heterocycles. The molecule has 2 aliphatic heterocycles. The number of rotatable bonds is 7. The third-order valence-corrected chi connectivity index (χ3v) is 6.62. The Labute approximate surface area is 180 Å². The zero-order chi connectivity index (χ0) is 21.1. The van der Waals surface area contributed by atoms with Crippen molar-refractivity contribution in [3.05, 3.63) is 35.2 Å². The first-order valence-corrected chi connectivity index (χ1v) is 11.5. The van der Waals surface area contributed by atoms with E-state index in [1.165, 1.54) is 16.8 Å². The van der Waals surface area contributed by atoms with Crippen molar-refractivity contribution < 1.29 is 4.74 Å². The summed E-state index contributed by atoms with van der Waals surface area (Å²) in [5, 5.41) is 12.8. The lowest BCUT2D eigenvalue weighted by atomic mass is 10.0. The molecule has 0 radical (unpaired) electrons. The van der Waals surface area contributed by atoms with Crippen LogP contribution >= 0.6 is 0 Å². The highest BCUT2D eigenvalue weighted by Crippen LogP contribution is 2.30. The van der Waals surface area contributed by atoms with Gasteiger partial charge in [-0.1, -0.05) is 26.0 Å². The number of anilines is 1. The zero-order valence-corrected chi connectivity index (χ0v) is 18.9. The van der Waals surface area contributed by atoms with Gasteiger partial charge in [0.25, 0.3) is 0 Å². The van der Waals surface area contributed by atoms with Crippen LogP contribution in [0.4, 0.5) is 5.69 Å². The quantitative estimate of drug-likeness (QED) is 0.695. The number of aromatic nitrogens is 4. The van der Waals surface area contributed by atoms with E-state index < -0.39 is 0 Å². The van der Waals surface area contributed by atoms with Crippen LogP contribution in [-0.4, -0.2) is 64.0 Å². The SMILES string of the molecule is Cc1cccc(N2CCN([C@H](CC(C)C)c3nnnn3C[C@@H]3CCCO3)CC2)c1C. The Morgan fingerprint density at radius 2 is 1.93 bits per heavy atom. The molecule has 0 aliphatic carbocycles. The Hall–Kier alpha value is -1.99. The fourth-order valence-corrected chi connectivity index (χ4v) is 4.78. The average Bonchev–Trinajstić information content (AvgIpc) is 3.41. The number of hydrogen-bond donors (Lipinski definition) is 0. The molecule has 164 valence electrons. The van der Waals surface area contributed by atoms with Crippen LogP contribution < -0.4 is 4.90 Å². The molecule has 0 saturated carbocycles. The number of hydrogen-bond acceptors (Lipinski definition) is 6. The first kappa shape index (κ1) is 21.2. The van der Waals surface area contributed by atoms with Gasteiger partial charge in [0, 0.05) is 38.5 Å². The van der Waals surface area contributed by atoms with Crippen LogP contribution in [-0.2, 0) is 11.3 Å². The van der Waals surface area contributed by atoms with Crippen LogP contribution in [0.5, 0.6) is 0 Å². The minimum atomic E-state index is 0.244. The maximum Gasteiger partial charge on any atom is 0.168 e. The van der Waals surface area contributed by atoms with Gasteiger partial charge in [0.15, 0.2) is 5.82 Å². The van der Waals surface area contributed by atoms with Crippen molar-refractivity contribution in [2.75, 3.05) is 37.7 Å². The predicted molar refractivity (Wildman–Crippen MR) is 119 cm³/mol. The molecule has 2 fully saturated rings. The number of benzene rings is 1. The molecular weight excluding hydrogens is 376 g/mol. The second kappa shape index (κ2) is 9.43. The maximum atomic E-state index is 5.83. The minimum Gasteiger partial charge on any atom is -0.376 e. The summed E-state index contributed by atoms with van der Waals surface area (Å²) in [6, 6.07) is 6.88. The fraction of sp³-hybridized carbons (Fsp3) is 0.696. The minimum absolute atomic E-state index is 0.244. The van der Waals surface area contributed by atoms with Crippen LogP contribution in [0, 0.1) is 19.8 Å². The summed E-state index contributed by atoms with van der Waals surface area (Å²) >= 11 is 0. The second-order valence-electron chi connectivity index (χ2n) is 9.24. The zero-order valence-electron chi connectivity index (χ0n) is 18.9. The summed E-state index contributed by atoms with van der Waals surface area (Å²) < 4.78 is 7.83. The standard InChI is InChI=1S/C23H36N6O/c1-17(2)15-22(23-24-25-26-29(23)16-20-8-6-14-30-20)28-12-10-27(11-13-28)21-9-5-7-18(3)19(21)4/h5,7,9,17,20,22H,6,8,10-16H2,1-4H3/t20-,22+/m0/s1. The van der Waals surface area contributed by atoms with E-state index in [-0.39, 0.29) is 12.1 Å². The van der Waals surface area contributed by atoms with Gasteiger partial charge in [-0.15, -0.1) is 5.10 Å². The van der Waals surface area contributed by atoms with Crippen LogP contribution in [0.3, 0.4) is 0 Å². The molecule has 2 aromatic rings. The third kappa shape index (κ3) is 4.67. The molecule has 0 unspecified atom stereocenters. The average molecular weight is 413 g/mol. The lowest BCUT2D eigenvalue weighted by Gasteiger charge is -2.40. The van der Waals surface area contributed by atoms with Gasteiger partial charge in [-0.3, -0.25) is 4.90 Å². The van der Waals surface area contributed by atoms with Crippen molar-refractivity contribution in [1.29, 1.82) is 0 Å². The number of aryl methyl sites for hydroxylation is 1. The molecule has 7 heteroatoms. The van der Waals surface area contributed by atoms with Crippen molar-refractivity contribution in [2.24, 2.45) is 5.92 Å². The van der Waals surface area contributed by atoms with Gasteiger partial charge in [0.2, 0.25) is 0 Å². The van der Waals surface area contributed by atoms with E-state index in [0.29, 0.717) is 5.92 Å². The molecule has 4 rings (SSSR count). The molecule has 7 nitrogen and oxygen atoms in total. The molecule has 2 aliphatic rings. The molecule has 0 spiro atoms. The molecule has 1 aromatic heterocycles. The monoisotopic (exact) mass is 412 g/mol. The van der Waals surface area contributed by atoms with Gasteiger partial charge < -0.3 is 9.64 Å². The first-order valence-electron chi connectivity index (χ1n) is 11.5. The van der Waals surface area contributed by atoms with E-state index in [0.717, 1.165) is 64.4 Å². The smallest absolute Gasteiger partial charge is 0.168 e. The summed E-state index contributed by atoms with van der Waals surface area (Å²) in [7, 11) is 0. The van der Waals surface area contributed by atoms with E-state index in [1.807, 2.05) is 4.68 Å². The topological polar surface area (TPSA) is 59.3 Å². The third-order valence-electron chi connectivity index (χ3n) is 6.62. The van der Waals surface area contributed by atoms with Gasteiger partial charge in [-0.25, -0.2) is 4.68 Å². The molecule has 2 atom stereocenters. The molecule has 0 N–H and O–H groups in total. The number of tetrazole rings is 1. The van der Waals surface area contributed by atoms with Crippen LogP contribution in [0.15, 0.2) is 18.2 Å². The predicted octanol–water partition coefficient (Wildman–Crippen LogP) is 3.38. The lowest BCUT2D eigenvalue weighted by molar-refractivity contribution is 0.0885. The van der Waals surface area contributed by atoms with E-state index in [9.17, 15) is 0 Å². The van der Waals surface area contributed by atoms with Gasteiger partial charge in [-0.2, -0.15) is 0 Å². The maximum absolute atomic E-state index is 5.83. The highest BCUT2D eigenvalue weighted by atomic mass is 16.5. The van der Waals surface area contributed by atoms with Gasteiger partial charge in [0.05, 0.1) is 18.7 Å². The molecule has 0 bridgehead atoms. The van der Waals surface area contributed by atoms with Crippen molar-refractivity contribution in [3.63, 3.8) is 0 Å². The molecule has 1 aromatic carbocycles. The first-order chi connectivity index (χ1) is 14.5. The van der Waals surface area contributed by atoms with Crippen molar-refractivity contribution in [2.45, 2.75) is 65.6 Å². The number of ether oxygens (including phenoxy) is 1. The largest absolute Gasteiger partial charge is 0.376 e. The molecular formula is C23H36N6O. The molecule has 2 saturated heterocycles. The Bertz CT molecular complexity index is 821. The van der Waals surface area contributed by atoms with E-state index in [2.05, 4.69) is 71.2 Å².